The third-order valence-corrected chi connectivity index (χ3v) is 5.65. The molecule has 0 atom stereocenters. The second kappa shape index (κ2) is 10.4. The minimum atomic E-state index is -1.07. The summed E-state index contributed by atoms with van der Waals surface area (Å²) in [6, 6.07) is 22.8. The van der Waals surface area contributed by atoms with E-state index >= 15 is 0 Å². The first-order valence-electron chi connectivity index (χ1n) is 11.6. The van der Waals surface area contributed by atoms with Crippen LogP contribution in [0.15, 0.2) is 72.8 Å². The molecular weight excluding hydrogens is 442 g/mol. The Hall–Kier alpha value is -4.13. The van der Waals surface area contributed by atoms with Crippen molar-refractivity contribution in [3.05, 3.63) is 95.3 Å². The highest BCUT2D eigenvalue weighted by molar-refractivity contribution is 5.98. The van der Waals surface area contributed by atoms with Crippen LogP contribution in [0.2, 0.25) is 0 Å². The predicted molar refractivity (Wildman–Crippen MR) is 135 cm³/mol. The van der Waals surface area contributed by atoms with E-state index in [-0.39, 0.29) is 18.6 Å². The lowest BCUT2D eigenvalue weighted by molar-refractivity contribution is -0.137. The molecule has 0 saturated heterocycles. The first kappa shape index (κ1) is 24.0. The number of hydrogen-bond donors (Lipinski definition) is 1. The maximum Gasteiger partial charge on any atom is 0.323 e. The smallest absolute Gasteiger partial charge is 0.323 e. The van der Waals surface area contributed by atoms with Gasteiger partial charge in [0.1, 0.15) is 18.1 Å². The average molecular weight is 472 g/mol. The fourth-order valence-corrected chi connectivity index (χ4v) is 4.06. The molecule has 1 aromatic heterocycles. The molecule has 0 aliphatic heterocycles. The lowest BCUT2D eigenvalue weighted by atomic mass is 10.1. The minimum absolute atomic E-state index is 0.0562. The number of aryl methyl sites for hydroxylation is 1. The summed E-state index contributed by atoms with van der Waals surface area (Å²) in [5, 5.41) is 9.42. The van der Waals surface area contributed by atoms with Crippen molar-refractivity contribution in [3.63, 3.8) is 0 Å². The lowest BCUT2D eigenvalue weighted by Gasteiger charge is -2.21. The summed E-state index contributed by atoms with van der Waals surface area (Å²) < 4.78 is 7.77. The summed E-state index contributed by atoms with van der Waals surface area (Å²) in [5.74, 6) is 0.153. The molecule has 1 N–H and O–H groups in total. The zero-order valence-electron chi connectivity index (χ0n) is 20.1. The summed E-state index contributed by atoms with van der Waals surface area (Å²) in [5.41, 5.74) is 4.01. The van der Waals surface area contributed by atoms with Crippen LogP contribution in [0.5, 0.6) is 5.75 Å². The molecule has 7 heteroatoms. The van der Waals surface area contributed by atoms with E-state index in [0.717, 1.165) is 28.2 Å². The Morgan fingerprint density at radius 3 is 2.37 bits per heavy atom. The van der Waals surface area contributed by atoms with Gasteiger partial charge < -0.3 is 19.3 Å². The number of rotatable bonds is 9. The van der Waals surface area contributed by atoms with Gasteiger partial charge in [-0.3, -0.25) is 9.59 Å². The van der Waals surface area contributed by atoms with Gasteiger partial charge in [-0.15, -0.1) is 0 Å². The molecule has 35 heavy (non-hydrogen) atoms. The number of carbonyl (C=O) groups is 2. The lowest BCUT2D eigenvalue weighted by Crippen LogP contribution is -2.35. The first-order chi connectivity index (χ1) is 16.8. The van der Waals surface area contributed by atoms with Crippen molar-refractivity contribution in [2.24, 2.45) is 0 Å². The van der Waals surface area contributed by atoms with E-state index in [0.29, 0.717) is 17.6 Å². The number of imidazole rings is 1. The van der Waals surface area contributed by atoms with Gasteiger partial charge in [0.25, 0.3) is 5.91 Å². The third-order valence-electron chi connectivity index (χ3n) is 5.65. The molecule has 0 bridgehead atoms. The standard InChI is InChI=1S/C28H29N3O4/c1-19(2)35-24-12-9-22(10-13-24)16-30(18-27(32)33)28(34)23-11-14-26-25(15-23)29-20(3)31(26)17-21-7-5-4-6-8-21/h4-15,19H,16-18H2,1-3H3,(H,32,33). The number of carbonyl (C=O) groups excluding carboxylic acids is 1. The van der Waals surface area contributed by atoms with Crippen molar-refractivity contribution in [1.29, 1.82) is 0 Å². The molecule has 1 amide bonds. The van der Waals surface area contributed by atoms with Gasteiger partial charge >= 0.3 is 5.97 Å². The Kier molecular flexibility index (Phi) is 7.15. The molecule has 3 aromatic carbocycles. The van der Waals surface area contributed by atoms with Crippen molar-refractivity contribution in [3.8, 4) is 5.75 Å². The molecule has 4 rings (SSSR count). The van der Waals surface area contributed by atoms with Crippen LogP contribution in [0.3, 0.4) is 0 Å². The van der Waals surface area contributed by atoms with Crippen molar-refractivity contribution in [1.82, 2.24) is 14.5 Å². The van der Waals surface area contributed by atoms with Gasteiger partial charge in [-0.05, 0) is 62.2 Å². The minimum Gasteiger partial charge on any atom is -0.491 e. The van der Waals surface area contributed by atoms with E-state index in [1.165, 1.54) is 4.90 Å². The summed E-state index contributed by atoms with van der Waals surface area (Å²) in [6.45, 7) is 6.29. The number of aliphatic carboxylic acids is 1. The van der Waals surface area contributed by atoms with E-state index in [1.54, 1.807) is 12.1 Å². The number of nitrogens with zero attached hydrogens (tertiary/aromatic N) is 3. The van der Waals surface area contributed by atoms with E-state index < -0.39 is 12.5 Å². The number of fused-ring (bicyclic) bond motifs is 1. The van der Waals surface area contributed by atoms with Crippen LogP contribution in [0.4, 0.5) is 0 Å². The monoisotopic (exact) mass is 471 g/mol. The van der Waals surface area contributed by atoms with Crippen molar-refractivity contribution in [2.45, 2.75) is 40.0 Å². The number of ether oxygens (including phenoxy) is 1. The van der Waals surface area contributed by atoms with Gasteiger partial charge in [-0.1, -0.05) is 42.5 Å². The third kappa shape index (κ3) is 5.87. The summed E-state index contributed by atoms with van der Waals surface area (Å²) in [4.78, 5) is 30.8. The van der Waals surface area contributed by atoms with Crippen LogP contribution < -0.4 is 4.74 Å². The predicted octanol–water partition coefficient (Wildman–Crippen LogP) is 4.91. The largest absolute Gasteiger partial charge is 0.491 e. The normalized spacial score (nSPS) is 11.1. The molecule has 1 heterocycles. The molecule has 0 spiro atoms. The number of carboxylic acids is 1. The molecule has 4 aromatic rings. The molecule has 7 nitrogen and oxygen atoms in total. The SMILES string of the molecule is Cc1nc2cc(C(=O)N(CC(=O)O)Cc3ccc(OC(C)C)cc3)ccc2n1Cc1ccccc1. The van der Waals surface area contributed by atoms with E-state index in [9.17, 15) is 14.7 Å². The maximum atomic E-state index is 13.3. The Morgan fingerprint density at radius 1 is 1.00 bits per heavy atom. The molecule has 0 fully saturated rings. The van der Waals surface area contributed by atoms with E-state index in [1.807, 2.05) is 69.3 Å². The highest BCUT2D eigenvalue weighted by Crippen LogP contribution is 2.21. The van der Waals surface area contributed by atoms with Crippen LogP contribution in [-0.2, 0) is 17.9 Å². The quantitative estimate of drug-likeness (QED) is 0.375. The zero-order chi connectivity index (χ0) is 24.9. The second-order valence-electron chi connectivity index (χ2n) is 8.80. The topological polar surface area (TPSA) is 84.7 Å². The highest BCUT2D eigenvalue weighted by Gasteiger charge is 2.20. The van der Waals surface area contributed by atoms with Crippen LogP contribution >= 0.6 is 0 Å². The van der Waals surface area contributed by atoms with Crippen LogP contribution in [0.25, 0.3) is 11.0 Å². The van der Waals surface area contributed by atoms with Gasteiger partial charge in [0.05, 0.1) is 17.1 Å². The average Bonchev–Trinajstić information content (AvgIpc) is 3.13. The molecule has 0 saturated carbocycles. The molecule has 0 aliphatic rings. The molecule has 180 valence electrons. The Bertz CT molecular complexity index is 1330. The number of carboxylic acid groups (broad SMARTS) is 1. The van der Waals surface area contributed by atoms with E-state index in [4.69, 9.17) is 4.74 Å². The van der Waals surface area contributed by atoms with Gasteiger partial charge in [-0.2, -0.15) is 0 Å². The van der Waals surface area contributed by atoms with Crippen molar-refractivity contribution in [2.75, 3.05) is 6.54 Å². The van der Waals surface area contributed by atoms with Crippen LogP contribution in [-0.4, -0.2) is 44.1 Å². The summed E-state index contributed by atoms with van der Waals surface area (Å²) in [7, 11) is 0. The van der Waals surface area contributed by atoms with E-state index in [2.05, 4.69) is 21.7 Å². The molecule has 0 aliphatic carbocycles. The van der Waals surface area contributed by atoms with Gasteiger partial charge in [0.2, 0.25) is 0 Å². The second-order valence-corrected chi connectivity index (χ2v) is 8.80. The number of amides is 1. The zero-order valence-corrected chi connectivity index (χ0v) is 20.1. The molecule has 0 unspecified atom stereocenters. The fraction of sp³-hybridized carbons (Fsp3) is 0.250. The van der Waals surface area contributed by atoms with Crippen molar-refractivity contribution >= 4 is 22.9 Å². The Labute approximate surface area is 204 Å². The van der Waals surface area contributed by atoms with Gasteiger partial charge in [0.15, 0.2) is 0 Å². The molecule has 0 radical (unpaired) electrons. The van der Waals surface area contributed by atoms with Crippen molar-refractivity contribution < 1.29 is 19.4 Å². The first-order valence-corrected chi connectivity index (χ1v) is 11.6. The maximum absolute atomic E-state index is 13.3. The molecular formula is C28H29N3O4. The van der Waals surface area contributed by atoms with Crippen LogP contribution in [0.1, 0.15) is 41.2 Å². The number of hydrogen-bond acceptors (Lipinski definition) is 4. The Balaban J connectivity index is 1.57. The summed E-state index contributed by atoms with van der Waals surface area (Å²) in [6.07, 6.45) is 0.0562. The number of aromatic nitrogens is 2. The highest BCUT2D eigenvalue weighted by atomic mass is 16.5. The van der Waals surface area contributed by atoms with Gasteiger partial charge in [-0.25, -0.2) is 4.98 Å². The Morgan fingerprint density at radius 2 is 1.71 bits per heavy atom. The van der Waals surface area contributed by atoms with Gasteiger partial charge in [0, 0.05) is 18.7 Å². The summed E-state index contributed by atoms with van der Waals surface area (Å²) >= 11 is 0. The van der Waals surface area contributed by atoms with Crippen LogP contribution in [0, 0.1) is 6.92 Å². The fourth-order valence-electron chi connectivity index (χ4n) is 4.06. The number of benzene rings is 3.